The van der Waals surface area contributed by atoms with Crippen LogP contribution in [-0.4, -0.2) is 59.1 Å². The normalized spacial score (nSPS) is 24.0. The molecular formula is C18H27N3O2. The predicted molar refractivity (Wildman–Crippen MR) is 88.9 cm³/mol. The van der Waals surface area contributed by atoms with Crippen molar-refractivity contribution < 1.29 is 9.53 Å². The maximum atomic E-state index is 12.1. The van der Waals surface area contributed by atoms with Gasteiger partial charge in [0.1, 0.15) is 6.04 Å². The first-order chi connectivity index (χ1) is 11.3. The van der Waals surface area contributed by atoms with Crippen molar-refractivity contribution in [1.82, 2.24) is 14.8 Å². The molecule has 3 heterocycles. The van der Waals surface area contributed by atoms with Gasteiger partial charge in [-0.05, 0) is 63.9 Å². The Bertz CT molecular complexity index is 500. The molecule has 3 rings (SSSR count). The number of carbonyl (C=O) groups excluding carboxylic acids is 1. The van der Waals surface area contributed by atoms with Gasteiger partial charge in [0.2, 0.25) is 0 Å². The van der Waals surface area contributed by atoms with E-state index in [1.165, 1.54) is 5.56 Å². The Morgan fingerprint density at radius 1 is 1.30 bits per heavy atom. The second-order valence-electron chi connectivity index (χ2n) is 6.52. The van der Waals surface area contributed by atoms with Crippen molar-refractivity contribution in [3.8, 4) is 0 Å². The average molecular weight is 317 g/mol. The first-order valence-electron chi connectivity index (χ1n) is 8.81. The number of carbonyl (C=O) groups is 1. The number of ether oxygens (including phenoxy) is 1. The van der Waals surface area contributed by atoms with Gasteiger partial charge in [0, 0.05) is 25.0 Å². The first-order valence-corrected chi connectivity index (χ1v) is 8.81. The number of likely N-dealkylation sites (tertiary alicyclic amines) is 2. The Morgan fingerprint density at radius 2 is 2.13 bits per heavy atom. The summed E-state index contributed by atoms with van der Waals surface area (Å²) in [6.07, 6.45) is 8.10. The summed E-state index contributed by atoms with van der Waals surface area (Å²) in [6.45, 7) is 6.55. The Balaban J connectivity index is 1.51. The van der Waals surface area contributed by atoms with Crippen LogP contribution in [0.1, 0.15) is 38.2 Å². The van der Waals surface area contributed by atoms with Crippen LogP contribution < -0.4 is 0 Å². The molecule has 2 aliphatic rings. The Kier molecular flexibility index (Phi) is 5.62. The average Bonchev–Trinajstić information content (AvgIpc) is 3.06. The molecule has 1 aromatic heterocycles. The summed E-state index contributed by atoms with van der Waals surface area (Å²) >= 11 is 0. The Labute approximate surface area is 138 Å². The molecule has 0 amide bonds. The van der Waals surface area contributed by atoms with E-state index in [4.69, 9.17) is 4.74 Å². The number of pyridine rings is 1. The van der Waals surface area contributed by atoms with Crippen LogP contribution in [0.3, 0.4) is 0 Å². The molecule has 2 fully saturated rings. The van der Waals surface area contributed by atoms with Gasteiger partial charge in [-0.1, -0.05) is 6.07 Å². The molecule has 23 heavy (non-hydrogen) atoms. The number of hydrogen-bond donors (Lipinski definition) is 0. The molecular weight excluding hydrogens is 290 g/mol. The fraction of sp³-hybridized carbons (Fsp3) is 0.667. The largest absolute Gasteiger partial charge is 0.465 e. The molecule has 0 bridgehead atoms. The first kappa shape index (κ1) is 16.4. The standard InChI is InChI=1S/C18H27N3O2/c1-2-23-18(22)17-6-4-10-21(17)16-7-11-20(12-8-16)14-15-5-3-9-19-13-15/h3,5,9,13,16-17H,2,4,6-8,10-12,14H2,1H3/t17-/m1/s1. The number of aromatic nitrogens is 1. The maximum absolute atomic E-state index is 12.1. The molecule has 0 saturated carbocycles. The lowest BCUT2D eigenvalue weighted by Gasteiger charge is -2.38. The molecule has 126 valence electrons. The van der Waals surface area contributed by atoms with Crippen molar-refractivity contribution >= 4 is 5.97 Å². The van der Waals surface area contributed by atoms with E-state index < -0.39 is 0 Å². The fourth-order valence-electron chi connectivity index (χ4n) is 3.88. The van der Waals surface area contributed by atoms with Crippen LogP contribution in [0.2, 0.25) is 0 Å². The van der Waals surface area contributed by atoms with E-state index in [-0.39, 0.29) is 12.0 Å². The van der Waals surface area contributed by atoms with Crippen molar-refractivity contribution in [2.75, 3.05) is 26.2 Å². The molecule has 5 nitrogen and oxygen atoms in total. The molecule has 0 N–H and O–H groups in total. The van der Waals surface area contributed by atoms with E-state index in [0.29, 0.717) is 12.6 Å². The lowest BCUT2D eigenvalue weighted by Crippen LogP contribution is -2.49. The van der Waals surface area contributed by atoms with E-state index >= 15 is 0 Å². The van der Waals surface area contributed by atoms with Crippen LogP contribution >= 0.6 is 0 Å². The highest BCUT2D eigenvalue weighted by Gasteiger charge is 2.37. The highest BCUT2D eigenvalue weighted by atomic mass is 16.5. The molecule has 2 aliphatic heterocycles. The minimum atomic E-state index is -0.0252. The summed E-state index contributed by atoms with van der Waals surface area (Å²) in [4.78, 5) is 21.2. The Hall–Kier alpha value is -1.46. The third-order valence-corrected chi connectivity index (χ3v) is 5.01. The number of hydrogen-bond acceptors (Lipinski definition) is 5. The van der Waals surface area contributed by atoms with Crippen LogP contribution in [0.15, 0.2) is 24.5 Å². The van der Waals surface area contributed by atoms with E-state index in [1.54, 1.807) is 0 Å². The molecule has 0 aromatic carbocycles. The monoisotopic (exact) mass is 317 g/mol. The quantitative estimate of drug-likeness (QED) is 0.778. The number of nitrogens with zero attached hydrogens (tertiary/aromatic N) is 3. The van der Waals surface area contributed by atoms with Gasteiger partial charge in [0.15, 0.2) is 0 Å². The van der Waals surface area contributed by atoms with E-state index in [9.17, 15) is 4.79 Å². The van der Waals surface area contributed by atoms with Gasteiger partial charge in [0.05, 0.1) is 6.61 Å². The van der Waals surface area contributed by atoms with E-state index in [1.807, 2.05) is 25.4 Å². The molecule has 2 saturated heterocycles. The molecule has 0 radical (unpaired) electrons. The third kappa shape index (κ3) is 4.09. The van der Waals surface area contributed by atoms with Gasteiger partial charge in [-0.2, -0.15) is 0 Å². The SMILES string of the molecule is CCOC(=O)[C@H]1CCCN1C1CCN(Cc2cccnc2)CC1. The zero-order chi connectivity index (χ0) is 16.1. The molecule has 0 unspecified atom stereocenters. The van der Waals surface area contributed by atoms with Gasteiger partial charge < -0.3 is 4.74 Å². The second-order valence-corrected chi connectivity index (χ2v) is 6.52. The van der Waals surface area contributed by atoms with Gasteiger partial charge in [0.25, 0.3) is 0 Å². The van der Waals surface area contributed by atoms with Crippen LogP contribution in [0.5, 0.6) is 0 Å². The van der Waals surface area contributed by atoms with E-state index in [0.717, 1.165) is 51.9 Å². The van der Waals surface area contributed by atoms with Crippen molar-refractivity contribution in [1.29, 1.82) is 0 Å². The highest BCUT2D eigenvalue weighted by molar-refractivity contribution is 5.76. The molecule has 0 spiro atoms. The van der Waals surface area contributed by atoms with Crippen LogP contribution in [0.4, 0.5) is 0 Å². The van der Waals surface area contributed by atoms with Crippen molar-refractivity contribution in [3.05, 3.63) is 30.1 Å². The van der Waals surface area contributed by atoms with Gasteiger partial charge >= 0.3 is 5.97 Å². The molecule has 0 aliphatic carbocycles. The summed E-state index contributed by atoms with van der Waals surface area (Å²) in [7, 11) is 0. The lowest BCUT2D eigenvalue weighted by atomic mass is 10.0. The molecule has 1 aromatic rings. The van der Waals surface area contributed by atoms with Crippen LogP contribution in [0.25, 0.3) is 0 Å². The summed E-state index contributed by atoms with van der Waals surface area (Å²) in [5.41, 5.74) is 1.27. The predicted octanol–water partition coefficient (Wildman–Crippen LogP) is 2.07. The number of rotatable bonds is 5. The van der Waals surface area contributed by atoms with Crippen molar-refractivity contribution in [2.45, 2.75) is 51.2 Å². The van der Waals surface area contributed by atoms with Crippen molar-refractivity contribution in [3.63, 3.8) is 0 Å². The summed E-state index contributed by atoms with van der Waals surface area (Å²) < 4.78 is 5.25. The lowest BCUT2D eigenvalue weighted by molar-refractivity contribution is -0.149. The Morgan fingerprint density at radius 3 is 2.83 bits per heavy atom. The minimum absolute atomic E-state index is 0.00942. The van der Waals surface area contributed by atoms with Gasteiger partial charge in [-0.15, -0.1) is 0 Å². The summed E-state index contributed by atoms with van der Waals surface area (Å²) in [5.74, 6) is -0.0252. The highest BCUT2D eigenvalue weighted by Crippen LogP contribution is 2.27. The topological polar surface area (TPSA) is 45.7 Å². The van der Waals surface area contributed by atoms with Gasteiger partial charge in [-0.25, -0.2) is 0 Å². The van der Waals surface area contributed by atoms with Crippen molar-refractivity contribution in [2.24, 2.45) is 0 Å². The van der Waals surface area contributed by atoms with Crippen LogP contribution in [0, 0.1) is 0 Å². The minimum Gasteiger partial charge on any atom is -0.465 e. The molecule has 5 heteroatoms. The second kappa shape index (κ2) is 7.88. The summed E-state index contributed by atoms with van der Waals surface area (Å²) in [6, 6.07) is 4.65. The smallest absolute Gasteiger partial charge is 0.323 e. The van der Waals surface area contributed by atoms with E-state index in [2.05, 4.69) is 20.9 Å². The summed E-state index contributed by atoms with van der Waals surface area (Å²) in [5, 5.41) is 0. The number of piperidine rings is 1. The zero-order valence-corrected chi connectivity index (χ0v) is 14.0. The van der Waals surface area contributed by atoms with Gasteiger partial charge in [-0.3, -0.25) is 19.6 Å². The molecule has 1 atom stereocenters. The maximum Gasteiger partial charge on any atom is 0.323 e. The van der Waals surface area contributed by atoms with Crippen LogP contribution in [-0.2, 0) is 16.1 Å². The third-order valence-electron chi connectivity index (χ3n) is 5.01. The zero-order valence-electron chi connectivity index (χ0n) is 14.0. The number of esters is 1. The fourth-order valence-corrected chi connectivity index (χ4v) is 3.88.